The number of anilines is 1. The van der Waals surface area contributed by atoms with Gasteiger partial charge in [0.2, 0.25) is 0 Å². The Labute approximate surface area is 87.3 Å². The van der Waals surface area contributed by atoms with E-state index in [0.29, 0.717) is 0 Å². The summed E-state index contributed by atoms with van der Waals surface area (Å²) in [6.07, 6.45) is -0.245. The van der Waals surface area contributed by atoms with Gasteiger partial charge < -0.3 is 10.5 Å². The maximum absolute atomic E-state index is 13.1. The second-order valence-electron chi connectivity index (χ2n) is 3.45. The van der Waals surface area contributed by atoms with E-state index in [1.54, 1.807) is 13.8 Å². The van der Waals surface area contributed by atoms with Gasteiger partial charge in [-0.15, -0.1) is 0 Å². The molecule has 1 aromatic rings. The topological polar surface area (TPSA) is 65.2 Å². The zero-order chi connectivity index (χ0) is 11.6. The number of carbonyl (C=O) groups excluding carboxylic acids is 1. The number of carbonyl (C=O) groups is 1. The molecule has 0 fully saturated rings. The SMILES string of the molecule is Cc1nc(C(=O)OC(C)C)cc(N)c1F. The van der Waals surface area contributed by atoms with E-state index in [1.165, 1.54) is 13.0 Å². The molecule has 5 heteroatoms. The first kappa shape index (κ1) is 11.4. The van der Waals surface area contributed by atoms with Gasteiger partial charge >= 0.3 is 5.97 Å². The van der Waals surface area contributed by atoms with Gasteiger partial charge in [-0.1, -0.05) is 0 Å². The summed E-state index contributed by atoms with van der Waals surface area (Å²) >= 11 is 0. The summed E-state index contributed by atoms with van der Waals surface area (Å²) in [5.74, 6) is -1.20. The highest BCUT2D eigenvalue weighted by Crippen LogP contribution is 2.15. The number of hydrogen-bond donors (Lipinski definition) is 1. The third-order valence-electron chi connectivity index (χ3n) is 1.70. The molecule has 15 heavy (non-hydrogen) atoms. The van der Waals surface area contributed by atoms with Gasteiger partial charge in [-0.25, -0.2) is 14.2 Å². The third kappa shape index (κ3) is 2.65. The van der Waals surface area contributed by atoms with Gasteiger partial charge in [-0.2, -0.15) is 0 Å². The smallest absolute Gasteiger partial charge is 0.357 e. The van der Waals surface area contributed by atoms with Crippen molar-refractivity contribution in [3.63, 3.8) is 0 Å². The molecule has 0 radical (unpaired) electrons. The second-order valence-corrected chi connectivity index (χ2v) is 3.45. The van der Waals surface area contributed by atoms with Gasteiger partial charge in [0.15, 0.2) is 11.5 Å². The third-order valence-corrected chi connectivity index (χ3v) is 1.70. The molecule has 0 amide bonds. The summed E-state index contributed by atoms with van der Waals surface area (Å²) in [7, 11) is 0. The van der Waals surface area contributed by atoms with E-state index in [1.807, 2.05) is 0 Å². The van der Waals surface area contributed by atoms with E-state index >= 15 is 0 Å². The molecule has 0 saturated heterocycles. The summed E-state index contributed by atoms with van der Waals surface area (Å²) < 4.78 is 18.0. The monoisotopic (exact) mass is 212 g/mol. The number of aryl methyl sites for hydroxylation is 1. The van der Waals surface area contributed by atoms with E-state index in [2.05, 4.69) is 4.98 Å². The van der Waals surface area contributed by atoms with Crippen molar-refractivity contribution in [3.8, 4) is 0 Å². The minimum Gasteiger partial charge on any atom is -0.458 e. The van der Waals surface area contributed by atoms with E-state index in [-0.39, 0.29) is 23.2 Å². The van der Waals surface area contributed by atoms with Crippen molar-refractivity contribution in [2.24, 2.45) is 0 Å². The molecule has 2 N–H and O–H groups in total. The lowest BCUT2D eigenvalue weighted by Gasteiger charge is -2.08. The van der Waals surface area contributed by atoms with Crippen LogP contribution in [0, 0.1) is 12.7 Å². The normalized spacial score (nSPS) is 10.5. The van der Waals surface area contributed by atoms with Crippen LogP contribution < -0.4 is 5.73 Å². The van der Waals surface area contributed by atoms with E-state index < -0.39 is 11.8 Å². The molecule has 0 aliphatic heterocycles. The number of esters is 1. The fourth-order valence-corrected chi connectivity index (χ4v) is 1.06. The highest BCUT2D eigenvalue weighted by atomic mass is 19.1. The predicted molar refractivity (Wildman–Crippen MR) is 53.9 cm³/mol. The lowest BCUT2D eigenvalue weighted by Crippen LogP contribution is -2.14. The second kappa shape index (κ2) is 4.25. The molecule has 0 atom stereocenters. The number of nitrogen functional groups attached to an aromatic ring is 1. The average molecular weight is 212 g/mol. The van der Waals surface area contributed by atoms with Crippen LogP contribution >= 0.6 is 0 Å². The van der Waals surface area contributed by atoms with Crippen LogP contribution in [-0.4, -0.2) is 17.1 Å². The van der Waals surface area contributed by atoms with Crippen LogP contribution in [0.25, 0.3) is 0 Å². The quantitative estimate of drug-likeness (QED) is 0.757. The number of hydrogen-bond acceptors (Lipinski definition) is 4. The Balaban J connectivity index is 3.01. The number of rotatable bonds is 2. The first-order valence-corrected chi connectivity index (χ1v) is 4.55. The highest BCUT2D eigenvalue weighted by molar-refractivity contribution is 5.88. The molecule has 0 saturated carbocycles. The Morgan fingerprint density at radius 1 is 1.60 bits per heavy atom. The van der Waals surface area contributed by atoms with Crippen molar-refractivity contribution in [2.45, 2.75) is 26.9 Å². The summed E-state index contributed by atoms with van der Waals surface area (Å²) in [4.78, 5) is 15.2. The van der Waals surface area contributed by atoms with Gasteiger partial charge in [0, 0.05) is 0 Å². The van der Waals surface area contributed by atoms with Crippen molar-refractivity contribution < 1.29 is 13.9 Å². The molecule has 1 rings (SSSR count). The molecule has 1 heterocycles. The molecule has 4 nitrogen and oxygen atoms in total. The van der Waals surface area contributed by atoms with E-state index in [9.17, 15) is 9.18 Å². The standard InChI is InChI=1S/C10H13FN2O2/c1-5(2)15-10(14)8-4-7(12)9(11)6(3)13-8/h4-5H,1-3H3,(H2,12,13). The zero-order valence-electron chi connectivity index (χ0n) is 8.87. The maximum Gasteiger partial charge on any atom is 0.357 e. The van der Waals surface area contributed by atoms with Crippen LogP contribution in [0.4, 0.5) is 10.1 Å². The largest absolute Gasteiger partial charge is 0.458 e. The molecule has 0 aliphatic rings. The molecular weight excluding hydrogens is 199 g/mol. The average Bonchev–Trinajstić information content (AvgIpc) is 2.12. The molecule has 0 unspecified atom stereocenters. The van der Waals surface area contributed by atoms with E-state index in [0.717, 1.165) is 0 Å². The number of ether oxygens (including phenoxy) is 1. The minimum atomic E-state index is -0.601. The Hall–Kier alpha value is -1.65. The fraction of sp³-hybridized carbons (Fsp3) is 0.400. The highest BCUT2D eigenvalue weighted by Gasteiger charge is 2.14. The zero-order valence-corrected chi connectivity index (χ0v) is 8.87. The van der Waals surface area contributed by atoms with Crippen molar-refractivity contribution in [2.75, 3.05) is 5.73 Å². The first-order valence-electron chi connectivity index (χ1n) is 4.55. The molecular formula is C10H13FN2O2. The Bertz CT molecular complexity index is 368. The van der Waals surface area contributed by atoms with Crippen LogP contribution in [-0.2, 0) is 4.74 Å². The predicted octanol–water partition coefficient (Wildman–Crippen LogP) is 1.68. The summed E-state index contributed by atoms with van der Waals surface area (Å²) in [5, 5.41) is 0. The number of aromatic nitrogens is 1. The van der Waals surface area contributed by atoms with E-state index in [4.69, 9.17) is 10.5 Å². The van der Waals surface area contributed by atoms with Gasteiger partial charge in [0.1, 0.15) is 0 Å². The van der Waals surface area contributed by atoms with Gasteiger partial charge in [0.25, 0.3) is 0 Å². The van der Waals surface area contributed by atoms with Crippen LogP contribution in [0.5, 0.6) is 0 Å². The number of pyridine rings is 1. The van der Waals surface area contributed by atoms with Crippen LogP contribution in [0.15, 0.2) is 6.07 Å². The first-order chi connectivity index (χ1) is 6.91. The molecule has 0 aliphatic carbocycles. The molecule has 0 bridgehead atoms. The van der Waals surface area contributed by atoms with Gasteiger partial charge in [-0.05, 0) is 26.8 Å². The van der Waals surface area contributed by atoms with Gasteiger partial charge in [0.05, 0.1) is 17.5 Å². The van der Waals surface area contributed by atoms with Crippen LogP contribution in [0.2, 0.25) is 0 Å². The minimum absolute atomic E-state index is 0.0279. The number of nitrogens with two attached hydrogens (primary N) is 1. The van der Waals surface area contributed by atoms with Crippen molar-refractivity contribution in [1.29, 1.82) is 0 Å². The summed E-state index contributed by atoms with van der Waals surface area (Å²) in [5.41, 5.74) is 5.38. The maximum atomic E-state index is 13.1. The number of halogens is 1. The van der Waals surface area contributed by atoms with Gasteiger partial charge in [-0.3, -0.25) is 0 Å². The van der Waals surface area contributed by atoms with Crippen LogP contribution in [0.1, 0.15) is 30.0 Å². The molecule has 1 aromatic heterocycles. The van der Waals surface area contributed by atoms with Crippen LogP contribution in [0.3, 0.4) is 0 Å². The summed E-state index contributed by atoms with van der Waals surface area (Å²) in [6, 6.07) is 1.17. The lowest BCUT2D eigenvalue weighted by atomic mass is 10.2. The molecule has 82 valence electrons. The molecule has 0 aromatic carbocycles. The number of nitrogens with zero attached hydrogens (tertiary/aromatic N) is 1. The van der Waals surface area contributed by atoms with Crippen molar-refractivity contribution >= 4 is 11.7 Å². The Morgan fingerprint density at radius 3 is 2.67 bits per heavy atom. The Morgan fingerprint density at radius 2 is 2.20 bits per heavy atom. The summed E-state index contributed by atoms with van der Waals surface area (Å²) in [6.45, 7) is 4.88. The fourth-order valence-electron chi connectivity index (χ4n) is 1.06. The molecule has 0 spiro atoms. The van der Waals surface area contributed by atoms with Crippen molar-refractivity contribution in [3.05, 3.63) is 23.3 Å². The van der Waals surface area contributed by atoms with Crippen molar-refractivity contribution in [1.82, 2.24) is 4.98 Å². The lowest BCUT2D eigenvalue weighted by molar-refractivity contribution is 0.0370. The Kier molecular flexibility index (Phi) is 3.24.